The smallest absolute Gasteiger partial charge is 0.478 e. The third-order valence-corrected chi connectivity index (χ3v) is 9.20. The van der Waals surface area contributed by atoms with Crippen LogP contribution in [-0.2, 0) is 31.6 Å². The van der Waals surface area contributed by atoms with E-state index < -0.39 is 71.8 Å². The number of aromatic nitrogens is 4. The Morgan fingerprint density at radius 3 is 2.37 bits per heavy atom. The SMILES string of the molecule is NOc1cc(N=O)cc(N=O)c1OC1[C@@H](COP(=O)(O)OP(=O)(O)OP(=O)(O)O)O[C@@H](n2cnc3c(N)ncnc32)[C@H]1O. The van der Waals surface area contributed by atoms with E-state index in [0.29, 0.717) is 0 Å². The van der Waals surface area contributed by atoms with Crippen molar-refractivity contribution in [2.45, 2.75) is 24.5 Å². The van der Waals surface area contributed by atoms with Crippen LogP contribution in [0.3, 0.4) is 0 Å². The molecular formula is C16H19N8O16P3. The Hall–Kier alpha value is -3.34. The molecule has 0 radical (unpaired) electrons. The Morgan fingerprint density at radius 2 is 1.74 bits per heavy atom. The third kappa shape index (κ3) is 7.42. The number of benzene rings is 1. The minimum atomic E-state index is -5.87. The fourth-order valence-electron chi connectivity index (χ4n) is 3.79. The van der Waals surface area contributed by atoms with Crippen LogP contribution < -0.4 is 21.2 Å². The van der Waals surface area contributed by atoms with E-state index >= 15 is 0 Å². The van der Waals surface area contributed by atoms with Crippen LogP contribution in [0.15, 0.2) is 35.1 Å². The molecule has 0 saturated carbocycles. The largest absolute Gasteiger partial charge is 0.490 e. The first-order valence-electron chi connectivity index (χ1n) is 11.0. The van der Waals surface area contributed by atoms with Gasteiger partial charge in [0.25, 0.3) is 0 Å². The molecule has 0 bridgehead atoms. The van der Waals surface area contributed by atoms with Crippen molar-refractivity contribution in [3.8, 4) is 11.5 Å². The maximum atomic E-state index is 12.3. The van der Waals surface area contributed by atoms with E-state index in [1.54, 1.807) is 0 Å². The predicted molar refractivity (Wildman–Crippen MR) is 136 cm³/mol. The van der Waals surface area contributed by atoms with E-state index in [4.69, 9.17) is 30.9 Å². The number of hydrogen-bond donors (Lipinski definition) is 7. The summed E-state index contributed by atoms with van der Waals surface area (Å²) in [6.45, 7) is -1.11. The van der Waals surface area contributed by atoms with E-state index in [9.17, 15) is 38.4 Å². The van der Waals surface area contributed by atoms with Crippen LogP contribution in [0.4, 0.5) is 17.2 Å². The lowest BCUT2D eigenvalue weighted by Gasteiger charge is -2.24. The van der Waals surface area contributed by atoms with Gasteiger partial charge >= 0.3 is 23.5 Å². The van der Waals surface area contributed by atoms with Gasteiger partial charge in [0.05, 0.1) is 12.9 Å². The molecule has 234 valence electrons. The van der Waals surface area contributed by atoms with Gasteiger partial charge in [-0.1, -0.05) is 0 Å². The Kier molecular flexibility index (Phi) is 9.35. The monoisotopic (exact) mass is 672 g/mol. The van der Waals surface area contributed by atoms with E-state index in [-0.39, 0.29) is 22.7 Å². The van der Waals surface area contributed by atoms with Crippen LogP contribution in [0.5, 0.6) is 11.5 Å². The summed E-state index contributed by atoms with van der Waals surface area (Å²) < 4.78 is 59.5. The van der Waals surface area contributed by atoms with Crippen molar-refractivity contribution in [3.05, 3.63) is 34.6 Å². The number of nitrogen functional groups attached to an aromatic ring is 1. The highest BCUT2D eigenvalue weighted by atomic mass is 31.3. The zero-order valence-electron chi connectivity index (χ0n) is 20.7. The number of phosphoric acid groups is 3. The first-order valence-corrected chi connectivity index (χ1v) is 15.5. The van der Waals surface area contributed by atoms with Crippen molar-refractivity contribution in [1.29, 1.82) is 0 Å². The molecule has 2 aromatic heterocycles. The Labute approximate surface area is 236 Å². The summed E-state index contributed by atoms with van der Waals surface area (Å²) in [4.78, 5) is 75.6. The molecule has 3 unspecified atom stereocenters. The van der Waals surface area contributed by atoms with E-state index in [2.05, 4.69) is 43.3 Å². The first kappa shape index (κ1) is 32.6. The maximum absolute atomic E-state index is 12.3. The molecule has 9 N–H and O–H groups in total. The minimum absolute atomic E-state index is 0.0384. The molecule has 0 aliphatic carbocycles. The number of rotatable bonds is 13. The van der Waals surface area contributed by atoms with Crippen molar-refractivity contribution in [1.82, 2.24) is 19.5 Å². The molecule has 27 heteroatoms. The summed E-state index contributed by atoms with van der Waals surface area (Å²) in [6, 6.07) is 1.82. The van der Waals surface area contributed by atoms with Gasteiger partial charge in [0.1, 0.15) is 29.7 Å². The van der Waals surface area contributed by atoms with Crippen molar-refractivity contribution >= 4 is 51.8 Å². The van der Waals surface area contributed by atoms with E-state index in [0.717, 1.165) is 29.4 Å². The Balaban J connectivity index is 1.68. The summed E-state index contributed by atoms with van der Waals surface area (Å²) in [5, 5.41) is 16.6. The number of phosphoric ester groups is 1. The van der Waals surface area contributed by atoms with Gasteiger partial charge in [-0.2, -0.15) is 14.5 Å². The molecule has 1 fully saturated rings. The van der Waals surface area contributed by atoms with Gasteiger partial charge in [0, 0.05) is 12.1 Å². The van der Waals surface area contributed by atoms with Crippen LogP contribution in [-0.4, -0.2) is 69.1 Å². The normalized spacial score (nSPS) is 23.4. The number of anilines is 1. The van der Waals surface area contributed by atoms with E-state index in [1.165, 1.54) is 0 Å². The average molecular weight is 672 g/mol. The van der Waals surface area contributed by atoms with Gasteiger partial charge < -0.3 is 44.7 Å². The number of aliphatic hydroxyl groups is 1. The van der Waals surface area contributed by atoms with Crippen LogP contribution in [0.2, 0.25) is 0 Å². The second-order valence-corrected chi connectivity index (χ2v) is 12.6. The summed E-state index contributed by atoms with van der Waals surface area (Å²) in [6.07, 6.45) is -4.38. The number of nitroso groups, excluding NO2 is 2. The molecule has 4 rings (SSSR count). The highest BCUT2D eigenvalue weighted by Crippen LogP contribution is 2.66. The van der Waals surface area contributed by atoms with Crippen LogP contribution in [0.1, 0.15) is 6.23 Å². The zero-order valence-corrected chi connectivity index (χ0v) is 23.4. The van der Waals surface area contributed by atoms with Gasteiger partial charge in [0.15, 0.2) is 41.0 Å². The summed E-state index contributed by atoms with van der Waals surface area (Å²) in [5.74, 6) is 4.15. The number of aliphatic hydroxyl groups excluding tert-OH is 1. The third-order valence-electron chi connectivity index (χ3n) is 5.39. The molecule has 0 spiro atoms. The van der Waals surface area contributed by atoms with Gasteiger partial charge in [-0.3, -0.25) is 9.09 Å². The Morgan fingerprint density at radius 1 is 1.02 bits per heavy atom. The topological polar surface area (TPSA) is 362 Å². The average Bonchev–Trinajstić information content (AvgIpc) is 3.47. The summed E-state index contributed by atoms with van der Waals surface area (Å²) >= 11 is 0. The molecule has 43 heavy (non-hydrogen) atoms. The predicted octanol–water partition coefficient (Wildman–Crippen LogP) is 0.506. The van der Waals surface area contributed by atoms with Crippen LogP contribution in [0.25, 0.3) is 11.2 Å². The van der Waals surface area contributed by atoms with Crippen molar-refractivity contribution in [2.24, 2.45) is 16.3 Å². The minimum Gasteiger partial charge on any atom is -0.478 e. The molecule has 3 heterocycles. The van der Waals surface area contributed by atoms with E-state index in [1.807, 2.05) is 0 Å². The molecule has 6 atom stereocenters. The lowest BCUT2D eigenvalue weighted by Crippen LogP contribution is -2.39. The zero-order chi connectivity index (χ0) is 31.7. The highest BCUT2D eigenvalue weighted by molar-refractivity contribution is 7.66. The fourth-order valence-corrected chi connectivity index (χ4v) is 6.82. The number of nitrogens with zero attached hydrogens (tertiary/aromatic N) is 6. The molecule has 1 aliphatic rings. The standard InChI is InChI=1S/C16H19N8O16P3/c17-14-10-15(20-4-19-14)24(5-21-10)16-11(25)13(37-12-7(23-27)1-6(22-26)2-8(12)38-18)9(36-16)3-35-42(31,32)40-43(33,34)39-41(28,29)30/h1-2,4-5,9,11,13,16,25H,3,18H2,(H,31,32)(H,33,34)(H2,17,19,20)(H2,28,29,30)/t9-,11+,13?,16-/m1/s1. The van der Waals surface area contributed by atoms with Crippen molar-refractivity contribution in [2.75, 3.05) is 12.3 Å². The molecule has 24 nitrogen and oxygen atoms in total. The first-order chi connectivity index (χ1) is 20.1. The summed E-state index contributed by atoms with van der Waals surface area (Å²) in [7, 11) is -17.2. The number of ether oxygens (including phenoxy) is 2. The molecule has 3 aromatic rings. The van der Waals surface area contributed by atoms with Crippen molar-refractivity contribution in [3.63, 3.8) is 0 Å². The van der Waals surface area contributed by atoms with Gasteiger partial charge in [-0.15, -0.1) is 9.81 Å². The Bertz CT molecular complexity index is 1680. The highest BCUT2D eigenvalue weighted by Gasteiger charge is 2.49. The fraction of sp³-hybridized carbons (Fsp3) is 0.312. The molecule has 0 amide bonds. The quantitative estimate of drug-likeness (QED) is 0.0738. The second-order valence-electron chi connectivity index (χ2n) is 8.20. The number of fused-ring (bicyclic) bond motifs is 1. The van der Waals surface area contributed by atoms with Crippen LogP contribution in [0, 0.1) is 9.81 Å². The van der Waals surface area contributed by atoms with Gasteiger partial charge in [-0.05, 0) is 10.4 Å². The number of hydrogen-bond acceptors (Lipinski definition) is 19. The molecule has 1 saturated heterocycles. The lowest BCUT2D eigenvalue weighted by molar-refractivity contribution is -0.0497. The summed E-state index contributed by atoms with van der Waals surface area (Å²) in [5.41, 5.74) is 4.99. The molecule has 1 aromatic carbocycles. The second kappa shape index (κ2) is 12.3. The number of imidazole rings is 1. The maximum Gasteiger partial charge on any atom is 0.490 e. The van der Waals surface area contributed by atoms with Gasteiger partial charge in [-0.25, -0.2) is 28.6 Å². The van der Waals surface area contributed by atoms with Crippen molar-refractivity contribution < 1.29 is 65.8 Å². The van der Waals surface area contributed by atoms with Gasteiger partial charge in [0.2, 0.25) is 0 Å². The number of nitrogens with two attached hydrogens (primary N) is 2. The lowest BCUT2D eigenvalue weighted by atomic mass is 10.1. The molecule has 1 aliphatic heterocycles. The molecular weight excluding hydrogens is 653 g/mol. The van der Waals surface area contributed by atoms with Crippen LogP contribution >= 0.6 is 23.5 Å².